The molecule has 0 aliphatic carbocycles. The van der Waals surface area contributed by atoms with Crippen LogP contribution in [0.2, 0.25) is 0 Å². The molecule has 1 fully saturated rings. The Balaban J connectivity index is 2.33. The van der Waals surface area contributed by atoms with Crippen LogP contribution in [0.25, 0.3) is 0 Å². The third-order valence-electron chi connectivity index (χ3n) is 13.8. The van der Waals surface area contributed by atoms with Gasteiger partial charge in [0.15, 0.2) is 6.29 Å². The summed E-state index contributed by atoms with van der Waals surface area (Å²) in [6, 6.07) is -1.17. The van der Waals surface area contributed by atoms with Crippen molar-refractivity contribution in [2.24, 2.45) is 0 Å². The van der Waals surface area contributed by atoms with E-state index in [1.807, 2.05) is 0 Å². The predicted molar refractivity (Wildman–Crippen MR) is 270 cm³/mol. The van der Waals surface area contributed by atoms with E-state index in [4.69, 9.17) is 9.47 Å². The molecule has 11 nitrogen and oxygen atoms in total. The van der Waals surface area contributed by atoms with Crippen molar-refractivity contribution in [3.05, 3.63) is 12.2 Å². The second-order valence-electron chi connectivity index (χ2n) is 20.0. The fourth-order valence-electron chi connectivity index (χ4n) is 9.20. The number of ether oxygens (including phenoxy) is 2. The molecule has 1 heterocycles. The first-order chi connectivity index (χ1) is 32.2. The Labute approximate surface area is 404 Å². The molecule has 8 N–H and O–H groups in total. The van der Waals surface area contributed by atoms with Gasteiger partial charge in [0.2, 0.25) is 5.91 Å². The normalized spacial score (nSPS) is 20.8. The third-order valence-corrected chi connectivity index (χ3v) is 13.8. The zero-order chi connectivity index (χ0) is 48.3. The SMILES string of the molecule is CCCCCCCCCCCCCC/C=C\CCCCCCCCC(O)C(=O)NC(COC1OC(CO)C(O)C(O)C1O)C(O)C(O)CCCCCCCCCCCCCCCCCCC. The Morgan fingerprint density at radius 3 is 1.27 bits per heavy atom. The predicted octanol–water partition coefficient (Wildman–Crippen LogP) is 11.2. The molecule has 0 aromatic carbocycles. The Morgan fingerprint density at radius 2 is 0.879 bits per heavy atom. The number of carbonyl (C=O) groups is 1. The summed E-state index contributed by atoms with van der Waals surface area (Å²) in [6.45, 7) is 3.48. The molecular formula is C55H107NO10. The van der Waals surface area contributed by atoms with Crippen LogP contribution in [0, 0.1) is 0 Å². The summed E-state index contributed by atoms with van der Waals surface area (Å²) in [6.07, 6.45) is 39.7. The number of carbonyl (C=O) groups excluding carboxylic acids is 1. The fourth-order valence-corrected chi connectivity index (χ4v) is 9.20. The first kappa shape index (κ1) is 62.9. The highest BCUT2D eigenvalue weighted by Gasteiger charge is 2.44. The first-order valence-corrected chi connectivity index (χ1v) is 28.1. The van der Waals surface area contributed by atoms with Gasteiger partial charge in [0.05, 0.1) is 25.4 Å². The highest BCUT2D eigenvalue weighted by Crippen LogP contribution is 2.23. The van der Waals surface area contributed by atoms with E-state index < -0.39 is 74.2 Å². The summed E-state index contributed by atoms with van der Waals surface area (Å²) in [4.78, 5) is 13.2. The number of nitrogens with one attached hydrogen (secondary N) is 1. The van der Waals surface area contributed by atoms with Gasteiger partial charge in [-0.1, -0.05) is 238 Å². The van der Waals surface area contributed by atoms with Crippen molar-refractivity contribution in [1.29, 1.82) is 0 Å². The van der Waals surface area contributed by atoms with Crippen molar-refractivity contribution < 1.29 is 50.0 Å². The smallest absolute Gasteiger partial charge is 0.249 e. The minimum absolute atomic E-state index is 0.256. The molecule has 1 aliphatic heterocycles. The van der Waals surface area contributed by atoms with E-state index in [1.54, 1.807) is 0 Å². The molecule has 11 heteroatoms. The van der Waals surface area contributed by atoms with Gasteiger partial charge >= 0.3 is 0 Å². The van der Waals surface area contributed by atoms with Crippen molar-refractivity contribution in [2.45, 2.75) is 319 Å². The Morgan fingerprint density at radius 1 is 0.515 bits per heavy atom. The van der Waals surface area contributed by atoms with E-state index in [1.165, 1.54) is 173 Å². The maximum Gasteiger partial charge on any atom is 0.249 e. The average Bonchev–Trinajstić information content (AvgIpc) is 3.32. The molecule has 0 bridgehead atoms. The second kappa shape index (κ2) is 45.0. The van der Waals surface area contributed by atoms with Crippen LogP contribution in [-0.2, 0) is 14.3 Å². The van der Waals surface area contributed by atoms with Crippen molar-refractivity contribution >= 4 is 5.91 Å². The van der Waals surface area contributed by atoms with E-state index in [2.05, 4.69) is 31.3 Å². The van der Waals surface area contributed by atoms with Gasteiger partial charge in [-0.2, -0.15) is 0 Å². The minimum atomic E-state index is -1.66. The summed E-state index contributed by atoms with van der Waals surface area (Å²) >= 11 is 0. The largest absolute Gasteiger partial charge is 0.394 e. The first-order valence-electron chi connectivity index (χ1n) is 28.1. The Bertz CT molecular complexity index is 1080. The highest BCUT2D eigenvalue weighted by molar-refractivity contribution is 5.80. The van der Waals surface area contributed by atoms with E-state index in [0.29, 0.717) is 19.3 Å². The number of hydrogen-bond acceptors (Lipinski definition) is 10. The van der Waals surface area contributed by atoms with Gasteiger partial charge in [-0.15, -0.1) is 0 Å². The van der Waals surface area contributed by atoms with Crippen molar-refractivity contribution in [1.82, 2.24) is 5.32 Å². The molecule has 9 unspecified atom stereocenters. The lowest BCUT2D eigenvalue weighted by molar-refractivity contribution is -0.303. The van der Waals surface area contributed by atoms with Gasteiger partial charge in [0.1, 0.15) is 36.6 Å². The van der Waals surface area contributed by atoms with Crippen LogP contribution < -0.4 is 5.32 Å². The molecule has 0 radical (unpaired) electrons. The van der Waals surface area contributed by atoms with Crippen LogP contribution >= 0.6 is 0 Å². The zero-order valence-electron chi connectivity index (χ0n) is 42.7. The molecule has 66 heavy (non-hydrogen) atoms. The zero-order valence-corrected chi connectivity index (χ0v) is 42.7. The maximum absolute atomic E-state index is 13.2. The van der Waals surface area contributed by atoms with Crippen LogP contribution in [0.1, 0.15) is 264 Å². The fraction of sp³-hybridized carbons (Fsp3) is 0.945. The molecule has 0 aromatic heterocycles. The number of rotatable bonds is 48. The summed E-state index contributed by atoms with van der Waals surface area (Å²) in [7, 11) is 0. The van der Waals surface area contributed by atoms with Gasteiger partial charge in [-0.05, 0) is 38.5 Å². The maximum atomic E-state index is 13.2. The molecule has 1 aliphatic rings. The standard InChI is InChI=1S/C55H107NO10/c1-3-5-7-9-11-13-15-17-19-21-22-23-24-25-27-29-31-33-35-37-39-41-43-48(59)54(64)56-46(45-65-55-53(63)52(62)51(61)49(44-57)66-55)50(60)47(58)42-40-38-36-34-32-30-28-26-20-18-16-14-12-10-8-6-4-2/h25,27,46-53,55,57-63H,3-24,26,28-45H2,1-2H3,(H,56,64)/b27-25-. The van der Waals surface area contributed by atoms with Crippen molar-refractivity contribution in [3.63, 3.8) is 0 Å². The van der Waals surface area contributed by atoms with E-state index in [0.717, 1.165) is 51.4 Å². The Hall–Kier alpha value is -1.15. The van der Waals surface area contributed by atoms with E-state index in [-0.39, 0.29) is 6.42 Å². The van der Waals surface area contributed by atoms with E-state index in [9.17, 15) is 40.5 Å². The molecule has 0 aromatic rings. The Kier molecular flexibility index (Phi) is 42.9. The monoisotopic (exact) mass is 942 g/mol. The van der Waals surface area contributed by atoms with Gasteiger partial charge in [0.25, 0.3) is 0 Å². The van der Waals surface area contributed by atoms with Gasteiger partial charge in [-0.25, -0.2) is 0 Å². The van der Waals surface area contributed by atoms with Crippen LogP contribution in [0.15, 0.2) is 12.2 Å². The van der Waals surface area contributed by atoms with E-state index >= 15 is 0 Å². The number of hydrogen-bond donors (Lipinski definition) is 8. The second-order valence-corrected chi connectivity index (χ2v) is 20.0. The van der Waals surface area contributed by atoms with Crippen LogP contribution in [0.4, 0.5) is 0 Å². The van der Waals surface area contributed by atoms with Gasteiger partial charge < -0.3 is 50.5 Å². The third kappa shape index (κ3) is 33.4. The molecule has 392 valence electrons. The lowest BCUT2D eigenvalue weighted by Gasteiger charge is -2.40. The number of aliphatic hydroxyl groups excluding tert-OH is 7. The number of allylic oxidation sites excluding steroid dienone is 2. The quantitative estimate of drug-likeness (QED) is 0.0215. The number of aliphatic hydroxyl groups is 7. The van der Waals surface area contributed by atoms with Gasteiger partial charge in [-0.3, -0.25) is 4.79 Å². The lowest BCUT2D eigenvalue weighted by Crippen LogP contribution is -2.60. The van der Waals surface area contributed by atoms with Crippen LogP contribution in [0.3, 0.4) is 0 Å². The summed E-state index contributed by atoms with van der Waals surface area (Å²) in [5.74, 6) is -0.697. The molecule has 1 amide bonds. The topological polar surface area (TPSA) is 189 Å². The summed E-state index contributed by atoms with van der Waals surface area (Å²) in [5.41, 5.74) is 0. The van der Waals surface area contributed by atoms with Crippen LogP contribution in [0.5, 0.6) is 0 Å². The molecular weight excluding hydrogens is 835 g/mol. The molecule has 1 saturated heterocycles. The lowest BCUT2D eigenvalue weighted by atomic mass is 9.98. The van der Waals surface area contributed by atoms with Crippen molar-refractivity contribution in [2.75, 3.05) is 13.2 Å². The highest BCUT2D eigenvalue weighted by atomic mass is 16.7. The number of amides is 1. The average molecular weight is 942 g/mol. The molecule has 0 spiro atoms. The van der Waals surface area contributed by atoms with Gasteiger partial charge in [0, 0.05) is 0 Å². The molecule has 0 saturated carbocycles. The summed E-state index contributed by atoms with van der Waals surface area (Å²) in [5, 5.41) is 76.1. The van der Waals surface area contributed by atoms with Crippen molar-refractivity contribution in [3.8, 4) is 0 Å². The summed E-state index contributed by atoms with van der Waals surface area (Å²) < 4.78 is 11.1. The molecule has 1 rings (SSSR count). The number of unbranched alkanes of at least 4 members (excludes halogenated alkanes) is 34. The minimum Gasteiger partial charge on any atom is -0.394 e. The van der Waals surface area contributed by atoms with Crippen LogP contribution in [-0.4, -0.2) is 110 Å². The molecule has 9 atom stereocenters.